The van der Waals surface area contributed by atoms with E-state index in [4.69, 9.17) is 5.73 Å². The lowest BCUT2D eigenvalue weighted by Crippen LogP contribution is -2.60. The van der Waals surface area contributed by atoms with Crippen molar-refractivity contribution < 1.29 is 44.1 Å². The van der Waals surface area contributed by atoms with Crippen LogP contribution in [0.1, 0.15) is 53.9 Å². The molecule has 1 heterocycles. The molecule has 1 rings (SSSR count). The molecule has 0 spiro atoms. The molecule has 9 N–H and O–H groups in total. The Labute approximate surface area is 233 Å². The highest BCUT2D eigenvalue weighted by Gasteiger charge is 2.40. The first-order chi connectivity index (χ1) is 18.6. The number of rotatable bonds is 15. The summed E-state index contributed by atoms with van der Waals surface area (Å²) in [5.41, 5.74) is 5.74. The maximum absolute atomic E-state index is 13.1. The van der Waals surface area contributed by atoms with Crippen LogP contribution in [-0.4, -0.2) is 112 Å². The van der Waals surface area contributed by atoms with E-state index in [1.54, 1.807) is 27.7 Å². The van der Waals surface area contributed by atoms with Gasteiger partial charge in [-0.25, -0.2) is 4.79 Å². The second-order valence-electron chi connectivity index (χ2n) is 10.7. The second-order valence-corrected chi connectivity index (χ2v) is 10.7. The maximum atomic E-state index is 13.1. The quantitative estimate of drug-likeness (QED) is 0.0991. The normalized spacial score (nSPS) is 18.9. The number of aliphatic hydroxyl groups is 2. The molecular formula is C25H44N6O9. The molecular weight excluding hydrogens is 528 g/mol. The van der Waals surface area contributed by atoms with Crippen molar-refractivity contribution in [3.05, 3.63) is 0 Å². The van der Waals surface area contributed by atoms with Gasteiger partial charge in [-0.05, 0) is 38.0 Å². The van der Waals surface area contributed by atoms with Crippen LogP contribution in [0.3, 0.4) is 0 Å². The topological polar surface area (TPSA) is 240 Å². The summed E-state index contributed by atoms with van der Waals surface area (Å²) in [6.07, 6.45) is -0.483. The van der Waals surface area contributed by atoms with Crippen LogP contribution in [0.2, 0.25) is 0 Å². The maximum Gasteiger partial charge on any atom is 0.326 e. The van der Waals surface area contributed by atoms with E-state index in [9.17, 15) is 44.1 Å². The third-order valence-corrected chi connectivity index (χ3v) is 6.49. The zero-order valence-electron chi connectivity index (χ0n) is 23.7. The fraction of sp³-hybridized carbons (Fsp3) is 0.760. The molecule has 0 bridgehead atoms. The smallest absolute Gasteiger partial charge is 0.326 e. The van der Waals surface area contributed by atoms with Gasteiger partial charge in [-0.2, -0.15) is 0 Å². The van der Waals surface area contributed by atoms with Crippen molar-refractivity contribution >= 4 is 35.5 Å². The average molecular weight is 573 g/mol. The first-order valence-corrected chi connectivity index (χ1v) is 13.4. The van der Waals surface area contributed by atoms with Gasteiger partial charge in [0, 0.05) is 6.54 Å². The minimum Gasteiger partial charge on any atom is -0.480 e. The number of aliphatic hydroxyl groups excluding tert-OH is 2. The van der Waals surface area contributed by atoms with Crippen molar-refractivity contribution in [2.45, 2.75) is 90.2 Å². The molecule has 228 valence electrons. The molecule has 0 saturated carbocycles. The predicted octanol–water partition coefficient (Wildman–Crippen LogP) is -2.96. The van der Waals surface area contributed by atoms with Gasteiger partial charge in [0.15, 0.2) is 0 Å². The first kappa shape index (κ1) is 34.7. The van der Waals surface area contributed by atoms with E-state index in [1.807, 2.05) is 0 Å². The Balaban J connectivity index is 2.85. The van der Waals surface area contributed by atoms with E-state index in [0.29, 0.717) is 6.42 Å². The van der Waals surface area contributed by atoms with Gasteiger partial charge in [-0.1, -0.05) is 27.7 Å². The number of carboxylic acid groups (broad SMARTS) is 1. The fourth-order valence-corrected chi connectivity index (χ4v) is 4.11. The van der Waals surface area contributed by atoms with E-state index < -0.39 is 85.0 Å². The second kappa shape index (κ2) is 16.1. The highest BCUT2D eigenvalue weighted by atomic mass is 16.4. The first-order valence-electron chi connectivity index (χ1n) is 13.4. The largest absolute Gasteiger partial charge is 0.480 e. The van der Waals surface area contributed by atoms with Crippen molar-refractivity contribution in [1.82, 2.24) is 26.2 Å². The van der Waals surface area contributed by atoms with Crippen LogP contribution in [0.4, 0.5) is 0 Å². The zero-order chi connectivity index (χ0) is 30.7. The molecule has 0 aromatic carbocycles. The molecule has 1 saturated heterocycles. The molecule has 1 fully saturated rings. The summed E-state index contributed by atoms with van der Waals surface area (Å²) in [7, 11) is 0. The summed E-state index contributed by atoms with van der Waals surface area (Å²) in [6, 6.07) is -5.90. The lowest BCUT2D eigenvalue weighted by Gasteiger charge is -2.30. The summed E-state index contributed by atoms with van der Waals surface area (Å²) >= 11 is 0. The van der Waals surface area contributed by atoms with Crippen LogP contribution in [0, 0.1) is 11.8 Å². The molecule has 0 unspecified atom stereocenters. The minimum atomic E-state index is -1.44. The van der Waals surface area contributed by atoms with Gasteiger partial charge in [0.25, 0.3) is 0 Å². The number of hydrogen-bond donors (Lipinski definition) is 8. The van der Waals surface area contributed by atoms with Crippen LogP contribution in [-0.2, 0) is 28.8 Å². The van der Waals surface area contributed by atoms with Crippen LogP contribution >= 0.6 is 0 Å². The third kappa shape index (κ3) is 10.4. The van der Waals surface area contributed by atoms with Crippen molar-refractivity contribution in [2.24, 2.45) is 17.6 Å². The van der Waals surface area contributed by atoms with Gasteiger partial charge in [-0.3, -0.25) is 24.0 Å². The Morgan fingerprint density at radius 2 is 1.55 bits per heavy atom. The standard InChI is InChI=1S/C25H44N6O9/c1-12(2)9-15(22(36)30-20(14(5)33)24(38)31-8-6-7-17(31)25(39)40)28-18(34)10-27-21(35)16(11-32)29-23(37)19(26)13(3)4/h12-17,19-20,32-33H,6-11,26H2,1-5H3,(H,27,35)(H,28,34)(H,29,37)(H,30,36)(H,39,40)/t14-,15+,16+,17+,19+,20+/m1/s1. The van der Waals surface area contributed by atoms with Crippen molar-refractivity contribution in [1.29, 1.82) is 0 Å². The van der Waals surface area contributed by atoms with Crippen molar-refractivity contribution in [2.75, 3.05) is 19.7 Å². The lowest BCUT2D eigenvalue weighted by atomic mass is 10.0. The molecule has 1 aliphatic heterocycles. The van der Waals surface area contributed by atoms with Crippen LogP contribution in [0.25, 0.3) is 0 Å². The predicted molar refractivity (Wildman–Crippen MR) is 142 cm³/mol. The van der Waals surface area contributed by atoms with Crippen molar-refractivity contribution in [3.8, 4) is 0 Å². The molecule has 40 heavy (non-hydrogen) atoms. The van der Waals surface area contributed by atoms with E-state index in [1.165, 1.54) is 6.92 Å². The van der Waals surface area contributed by atoms with E-state index in [2.05, 4.69) is 21.3 Å². The molecule has 6 atom stereocenters. The molecule has 1 aliphatic rings. The number of carbonyl (C=O) groups excluding carboxylic acids is 5. The van der Waals surface area contributed by atoms with Gasteiger partial charge < -0.3 is 47.2 Å². The molecule has 0 aromatic rings. The molecule has 5 amide bonds. The Bertz CT molecular complexity index is 926. The number of carbonyl (C=O) groups is 6. The monoisotopic (exact) mass is 572 g/mol. The van der Waals surface area contributed by atoms with Crippen LogP contribution < -0.4 is 27.0 Å². The number of amides is 5. The minimum absolute atomic E-state index is 0.0829. The number of carboxylic acids is 1. The van der Waals surface area contributed by atoms with Gasteiger partial charge in [0.2, 0.25) is 29.5 Å². The summed E-state index contributed by atoms with van der Waals surface area (Å²) in [4.78, 5) is 75.8. The number of nitrogens with one attached hydrogen (secondary N) is 4. The number of aliphatic carboxylic acids is 1. The lowest BCUT2D eigenvalue weighted by molar-refractivity contribution is -0.150. The number of likely N-dealkylation sites (tertiary alicyclic amines) is 1. The van der Waals surface area contributed by atoms with E-state index >= 15 is 0 Å². The molecule has 15 heteroatoms. The molecule has 0 aliphatic carbocycles. The highest BCUT2D eigenvalue weighted by Crippen LogP contribution is 2.19. The summed E-state index contributed by atoms with van der Waals surface area (Å²) in [5, 5.41) is 38.6. The van der Waals surface area contributed by atoms with E-state index in [-0.39, 0.29) is 31.2 Å². The summed E-state index contributed by atoms with van der Waals surface area (Å²) < 4.78 is 0. The summed E-state index contributed by atoms with van der Waals surface area (Å²) in [5.74, 6) is -5.25. The van der Waals surface area contributed by atoms with Crippen molar-refractivity contribution in [3.63, 3.8) is 0 Å². The molecule has 0 radical (unpaired) electrons. The van der Waals surface area contributed by atoms with Gasteiger partial charge in [0.1, 0.15) is 24.2 Å². The third-order valence-electron chi connectivity index (χ3n) is 6.49. The Morgan fingerprint density at radius 3 is 2.05 bits per heavy atom. The highest BCUT2D eigenvalue weighted by molar-refractivity contribution is 5.95. The van der Waals surface area contributed by atoms with Gasteiger partial charge in [-0.15, -0.1) is 0 Å². The Hall–Kier alpha value is -3.30. The van der Waals surface area contributed by atoms with Crippen LogP contribution in [0.15, 0.2) is 0 Å². The fourth-order valence-electron chi connectivity index (χ4n) is 4.11. The number of hydrogen-bond acceptors (Lipinski definition) is 9. The Morgan fingerprint density at radius 1 is 0.925 bits per heavy atom. The average Bonchev–Trinajstić information content (AvgIpc) is 3.37. The SMILES string of the molecule is CC(C)C[C@H](NC(=O)CNC(=O)[C@H](CO)NC(=O)[C@@H](N)C(C)C)C(=O)N[C@H](C(=O)N1CCC[C@H]1C(=O)O)[C@@H](C)O. The number of nitrogens with zero attached hydrogens (tertiary/aromatic N) is 1. The van der Waals surface area contributed by atoms with Crippen LogP contribution in [0.5, 0.6) is 0 Å². The van der Waals surface area contributed by atoms with Gasteiger partial charge in [0.05, 0.1) is 25.3 Å². The Kier molecular flexibility index (Phi) is 14.0. The molecule has 0 aromatic heterocycles. The van der Waals surface area contributed by atoms with E-state index in [0.717, 1.165) is 4.90 Å². The van der Waals surface area contributed by atoms with Gasteiger partial charge >= 0.3 is 5.97 Å². The zero-order valence-corrected chi connectivity index (χ0v) is 23.7. The summed E-state index contributed by atoms with van der Waals surface area (Å²) in [6.45, 7) is 7.14. The molecule has 15 nitrogen and oxygen atoms in total. The number of nitrogens with two attached hydrogens (primary N) is 1.